The maximum Gasteiger partial charge on any atom is 0.226 e. The highest BCUT2D eigenvalue weighted by molar-refractivity contribution is 5.79. The summed E-state index contributed by atoms with van der Waals surface area (Å²) in [4.78, 5) is 20.0. The summed E-state index contributed by atoms with van der Waals surface area (Å²) >= 11 is 0. The predicted molar refractivity (Wildman–Crippen MR) is 71.0 cm³/mol. The number of aromatic nitrogens is 2. The van der Waals surface area contributed by atoms with E-state index in [-0.39, 0.29) is 17.9 Å². The Labute approximate surface area is 112 Å². The first-order valence-electron chi connectivity index (χ1n) is 6.66. The fraction of sp³-hybridized carbons (Fsp3) is 0.615. The highest BCUT2D eigenvalue weighted by atomic mass is 16.5. The van der Waals surface area contributed by atoms with Crippen molar-refractivity contribution in [1.29, 1.82) is 0 Å². The number of carbonyl (C=O) groups excluding carboxylic acids is 1. The molecule has 0 spiro atoms. The zero-order valence-electron chi connectivity index (χ0n) is 11.1. The van der Waals surface area contributed by atoms with E-state index < -0.39 is 0 Å². The topological polar surface area (TPSA) is 90.1 Å². The van der Waals surface area contributed by atoms with Gasteiger partial charge in [0.2, 0.25) is 5.91 Å². The van der Waals surface area contributed by atoms with Gasteiger partial charge in [-0.2, -0.15) is 0 Å². The summed E-state index contributed by atoms with van der Waals surface area (Å²) in [6.07, 6.45) is 5.71. The molecular formula is C13H20N4O2. The first kappa shape index (κ1) is 13.7. The van der Waals surface area contributed by atoms with Crippen molar-refractivity contribution in [3.63, 3.8) is 0 Å². The molecule has 19 heavy (non-hydrogen) atoms. The minimum absolute atomic E-state index is 0.0230. The smallest absolute Gasteiger partial charge is 0.226 e. The Morgan fingerprint density at radius 3 is 3.21 bits per heavy atom. The van der Waals surface area contributed by atoms with Crippen LogP contribution in [0.1, 0.15) is 31.7 Å². The van der Waals surface area contributed by atoms with Crippen LogP contribution in [0.3, 0.4) is 0 Å². The van der Waals surface area contributed by atoms with Crippen LogP contribution in [0.25, 0.3) is 0 Å². The highest BCUT2D eigenvalue weighted by Crippen LogP contribution is 2.23. The average molecular weight is 264 g/mol. The van der Waals surface area contributed by atoms with Crippen molar-refractivity contribution in [1.82, 2.24) is 15.3 Å². The molecule has 6 heteroatoms. The first-order chi connectivity index (χ1) is 9.22. The predicted octanol–water partition coefficient (Wildman–Crippen LogP) is 0.880. The van der Waals surface area contributed by atoms with E-state index in [1.165, 1.54) is 6.33 Å². The van der Waals surface area contributed by atoms with Gasteiger partial charge in [-0.15, -0.1) is 0 Å². The second-order valence-corrected chi connectivity index (χ2v) is 4.72. The number of nitrogens with two attached hydrogens (primary N) is 1. The Morgan fingerprint density at radius 2 is 2.47 bits per heavy atom. The Morgan fingerprint density at radius 1 is 1.63 bits per heavy atom. The van der Waals surface area contributed by atoms with Crippen molar-refractivity contribution in [2.75, 3.05) is 12.3 Å². The molecule has 6 nitrogen and oxygen atoms in total. The fourth-order valence-electron chi connectivity index (χ4n) is 2.36. The molecule has 0 aliphatic carbocycles. The molecule has 1 aromatic heterocycles. The van der Waals surface area contributed by atoms with Gasteiger partial charge in [0.15, 0.2) is 0 Å². The second kappa shape index (κ2) is 6.47. The molecule has 0 aromatic carbocycles. The maximum atomic E-state index is 12.2. The van der Waals surface area contributed by atoms with E-state index in [9.17, 15) is 4.79 Å². The Hall–Kier alpha value is -1.69. The summed E-state index contributed by atoms with van der Waals surface area (Å²) in [5, 5.41) is 2.89. The van der Waals surface area contributed by atoms with Crippen LogP contribution in [-0.2, 0) is 16.1 Å². The number of hydrogen-bond acceptors (Lipinski definition) is 5. The van der Waals surface area contributed by atoms with E-state index in [1.54, 1.807) is 6.20 Å². The second-order valence-electron chi connectivity index (χ2n) is 4.72. The Bertz CT molecular complexity index is 438. The summed E-state index contributed by atoms with van der Waals surface area (Å²) in [6.45, 7) is 3.15. The van der Waals surface area contributed by atoms with Crippen LogP contribution in [0.4, 0.5) is 5.82 Å². The van der Waals surface area contributed by atoms with Gasteiger partial charge in [-0.1, -0.05) is 6.92 Å². The molecule has 2 atom stereocenters. The van der Waals surface area contributed by atoms with Gasteiger partial charge in [-0.25, -0.2) is 9.97 Å². The van der Waals surface area contributed by atoms with Crippen LogP contribution < -0.4 is 11.1 Å². The largest absolute Gasteiger partial charge is 0.383 e. The lowest BCUT2D eigenvalue weighted by molar-refractivity contribution is -0.134. The molecule has 0 bridgehead atoms. The lowest BCUT2D eigenvalue weighted by atomic mass is 9.92. The minimum atomic E-state index is -0.0652. The van der Waals surface area contributed by atoms with Gasteiger partial charge in [0.1, 0.15) is 12.1 Å². The van der Waals surface area contributed by atoms with Gasteiger partial charge >= 0.3 is 0 Å². The summed E-state index contributed by atoms with van der Waals surface area (Å²) in [5.41, 5.74) is 6.45. The number of nitrogen functional groups attached to an aromatic ring is 1. The number of ether oxygens (including phenoxy) is 1. The van der Waals surface area contributed by atoms with Gasteiger partial charge in [0.25, 0.3) is 0 Å². The molecule has 3 N–H and O–H groups in total. The normalized spacial score (nSPS) is 23.0. The van der Waals surface area contributed by atoms with Crippen LogP contribution in [0.2, 0.25) is 0 Å². The van der Waals surface area contributed by atoms with Gasteiger partial charge in [0, 0.05) is 24.9 Å². The molecule has 1 aromatic rings. The molecule has 2 heterocycles. The van der Waals surface area contributed by atoms with E-state index in [4.69, 9.17) is 10.5 Å². The summed E-state index contributed by atoms with van der Waals surface area (Å²) in [6, 6.07) is 0. The lowest BCUT2D eigenvalue weighted by Gasteiger charge is -2.30. The van der Waals surface area contributed by atoms with Gasteiger partial charge in [0.05, 0.1) is 12.0 Å². The molecular weight excluding hydrogens is 244 g/mol. The molecule has 1 amide bonds. The number of hydrogen-bond donors (Lipinski definition) is 2. The number of nitrogens with one attached hydrogen (secondary N) is 1. The van der Waals surface area contributed by atoms with Crippen molar-refractivity contribution in [2.24, 2.45) is 5.92 Å². The van der Waals surface area contributed by atoms with E-state index in [2.05, 4.69) is 15.3 Å². The zero-order chi connectivity index (χ0) is 13.7. The van der Waals surface area contributed by atoms with Crippen molar-refractivity contribution in [2.45, 2.75) is 38.8 Å². The van der Waals surface area contributed by atoms with Crippen LogP contribution >= 0.6 is 0 Å². The number of rotatable bonds is 4. The summed E-state index contributed by atoms with van der Waals surface area (Å²) in [7, 11) is 0. The minimum Gasteiger partial charge on any atom is -0.383 e. The molecule has 104 valence electrons. The van der Waals surface area contributed by atoms with Crippen molar-refractivity contribution < 1.29 is 9.53 Å². The molecule has 2 rings (SSSR count). The van der Waals surface area contributed by atoms with E-state index in [0.717, 1.165) is 31.4 Å². The van der Waals surface area contributed by atoms with Gasteiger partial charge in [-0.3, -0.25) is 4.79 Å². The average Bonchev–Trinajstić information content (AvgIpc) is 2.46. The number of anilines is 1. The van der Waals surface area contributed by atoms with E-state index in [1.807, 2.05) is 6.92 Å². The van der Waals surface area contributed by atoms with E-state index >= 15 is 0 Å². The third-order valence-electron chi connectivity index (χ3n) is 3.46. The summed E-state index contributed by atoms with van der Waals surface area (Å²) < 4.78 is 5.63. The standard InChI is InChI=1S/C13H20N4O2/c1-2-11-10(4-3-5-19-11)13(18)16-7-9-6-15-8-17-12(9)14/h6,8,10-11H,2-5,7H2,1H3,(H,16,18)(H2,14,15,17)/t10-,11-/m1/s1. The van der Waals surface area contributed by atoms with Crippen LogP contribution in [-0.4, -0.2) is 28.6 Å². The van der Waals surface area contributed by atoms with Crippen LogP contribution in [0.5, 0.6) is 0 Å². The number of nitrogens with zero attached hydrogens (tertiary/aromatic N) is 2. The molecule has 0 unspecified atom stereocenters. The van der Waals surface area contributed by atoms with E-state index in [0.29, 0.717) is 12.4 Å². The number of amides is 1. The Kier molecular flexibility index (Phi) is 4.68. The maximum absolute atomic E-state index is 12.2. The van der Waals surface area contributed by atoms with Crippen LogP contribution in [0.15, 0.2) is 12.5 Å². The zero-order valence-corrected chi connectivity index (χ0v) is 11.1. The monoisotopic (exact) mass is 264 g/mol. The van der Waals surface area contributed by atoms with Crippen LogP contribution in [0, 0.1) is 5.92 Å². The molecule has 1 aliphatic heterocycles. The first-order valence-corrected chi connectivity index (χ1v) is 6.66. The number of carbonyl (C=O) groups is 1. The third kappa shape index (κ3) is 3.41. The van der Waals surface area contributed by atoms with Crippen molar-refractivity contribution in [3.05, 3.63) is 18.1 Å². The molecule has 1 aliphatic rings. The highest BCUT2D eigenvalue weighted by Gasteiger charge is 2.30. The Balaban J connectivity index is 1.92. The molecule has 1 fully saturated rings. The molecule has 0 radical (unpaired) electrons. The fourth-order valence-corrected chi connectivity index (χ4v) is 2.36. The molecule has 0 saturated carbocycles. The SMILES string of the molecule is CC[C@H]1OCCC[C@H]1C(=O)NCc1cncnc1N. The van der Waals surface area contributed by atoms with Gasteiger partial charge in [-0.05, 0) is 19.3 Å². The third-order valence-corrected chi connectivity index (χ3v) is 3.46. The summed E-state index contributed by atoms with van der Waals surface area (Å²) in [5.74, 6) is 0.363. The lowest BCUT2D eigenvalue weighted by Crippen LogP contribution is -2.41. The molecule has 1 saturated heterocycles. The van der Waals surface area contributed by atoms with Crippen molar-refractivity contribution >= 4 is 11.7 Å². The quantitative estimate of drug-likeness (QED) is 0.842. The van der Waals surface area contributed by atoms with Gasteiger partial charge < -0.3 is 15.8 Å². The van der Waals surface area contributed by atoms with Crippen molar-refractivity contribution in [3.8, 4) is 0 Å².